The van der Waals surface area contributed by atoms with Crippen LogP contribution in [-0.2, 0) is 6.54 Å². The van der Waals surface area contributed by atoms with E-state index in [-0.39, 0.29) is 17.8 Å². The topological polar surface area (TPSA) is 73.9 Å². The summed E-state index contributed by atoms with van der Waals surface area (Å²) in [5, 5.41) is 11.1. The Morgan fingerprint density at radius 1 is 1.09 bits per heavy atom. The van der Waals surface area contributed by atoms with Crippen LogP contribution in [0.5, 0.6) is 0 Å². The lowest BCUT2D eigenvalue weighted by Gasteiger charge is -2.32. The van der Waals surface area contributed by atoms with Gasteiger partial charge in [0.25, 0.3) is 5.91 Å². The zero-order valence-corrected chi connectivity index (χ0v) is 19.8. The zero-order valence-electron chi connectivity index (χ0n) is 19.0. The van der Waals surface area contributed by atoms with E-state index >= 15 is 0 Å². The molecule has 8 heteroatoms. The average Bonchev–Trinajstić information content (AvgIpc) is 3.33. The van der Waals surface area contributed by atoms with Crippen LogP contribution in [0.4, 0.5) is 4.39 Å². The largest absolute Gasteiger partial charge is 0.349 e. The van der Waals surface area contributed by atoms with Gasteiger partial charge in [0.1, 0.15) is 5.82 Å². The molecule has 0 aliphatic carbocycles. The van der Waals surface area contributed by atoms with Gasteiger partial charge >= 0.3 is 0 Å². The van der Waals surface area contributed by atoms with Crippen LogP contribution in [0.2, 0.25) is 5.02 Å². The van der Waals surface area contributed by atoms with E-state index in [9.17, 15) is 9.18 Å². The van der Waals surface area contributed by atoms with Gasteiger partial charge in [-0.2, -0.15) is 5.10 Å². The molecule has 1 saturated heterocycles. The molecule has 0 saturated carbocycles. The Labute approximate surface area is 208 Å². The summed E-state index contributed by atoms with van der Waals surface area (Å²) in [6.07, 6.45) is 5.12. The molecule has 0 unspecified atom stereocenters. The van der Waals surface area contributed by atoms with E-state index in [1.165, 1.54) is 12.1 Å². The van der Waals surface area contributed by atoms with Crippen LogP contribution in [0, 0.1) is 5.82 Å². The lowest BCUT2D eigenvalue weighted by Crippen LogP contribution is -2.44. The van der Waals surface area contributed by atoms with E-state index in [0.29, 0.717) is 21.8 Å². The number of amides is 1. The van der Waals surface area contributed by atoms with E-state index < -0.39 is 0 Å². The van der Waals surface area contributed by atoms with Crippen LogP contribution in [0.25, 0.3) is 22.5 Å². The van der Waals surface area contributed by atoms with Gasteiger partial charge in [-0.25, -0.2) is 4.39 Å². The molecule has 0 radical (unpaired) electrons. The third-order valence-corrected chi connectivity index (χ3v) is 6.65. The number of nitrogens with one attached hydrogen (secondary N) is 2. The van der Waals surface area contributed by atoms with E-state index in [0.717, 1.165) is 49.3 Å². The predicted molar refractivity (Wildman–Crippen MR) is 134 cm³/mol. The number of hydrogen-bond donors (Lipinski definition) is 2. The number of rotatable bonds is 6. The van der Waals surface area contributed by atoms with E-state index in [4.69, 9.17) is 11.6 Å². The molecule has 0 atom stereocenters. The normalized spacial score (nSPS) is 14.7. The molecule has 4 aromatic rings. The predicted octanol–water partition coefficient (Wildman–Crippen LogP) is 5.33. The molecular formula is C27H25ClFN5O. The van der Waals surface area contributed by atoms with Crippen molar-refractivity contribution in [2.24, 2.45) is 0 Å². The van der Waals surface area contributed by atoms with Gasteiger partial charge in [0, 0.05) is 53.6 Å². The summed E-state index contributed by atoms with van der Waals surface area (Å²) in [6, 6.07) is 17.6. The number of H-pyrrole nitrogens is 1. The van der Waals surface area contributed by atoms with Gasteiger partial charge in [0.05, 0.1) is 23.1 Å². The van der Waals surface area contributed by atoms with Gasteiger partial charge in [-0.05, 0) is 43.2 Å². The molecule has 2 aromatic heterocycles. The Kier molecular flexibility index (Phi) is 6.88. The third-order valence-electron chi connectivity index (χ3n) is 6.32. The number of benzene rings is 2. The standard InChI is InChI=1S/C27H25ClFN5O/c28-24-7-2-1-6-23(24)26-20(16-31-33-26)17-34-12-10-22(11-13-34)32-27(35)19-8-9-25(30-15-19)18-4-3-5-21(29)14-18/h1-9,14-16,22H,10-13,17H2,(H,31,33)(H,32,35). The Bertz CT molecular complexity index is 1320. The van der Waals surface area contributed by atoms with Gasteiger partial charge in [0.15, 0.2) is 0 Å². The number of aromatic nitrogens is 3. The second-order valence-corrected chi connectivity index (χ2v) is 9.12. The molecule has 3 heterocycles. The van der Waals surface area contributed by atoms with Gasteiger partial charge in [-0.1, -0.05) is 41.9 Å². The number of carbonyl (C=O) groups is 1. The summed E-state index contributed by atoms with van der Waals surface area (Å²) in [4.78, 5) is 19.4. The summed E-state index contributed by atoms with van der Waals surface area (Å²) in [5.41, 5.74) is 4.80. The van der Waals surface area contributed by atoms with Crippen LogP contribution < -0.4 is 5.32 Å². The first-order chi connectivity index (χ1) is 17.1. The lowest BCUT2D eigenvalue weighted by atomic mass is 10.0. The first kappa shape index (κ1) is 23.2. The summed E-state index contributed by atoms with van der Waals surface area (Å²) in [6.45, 7) is 2.51. The zero-order chi connectivity index (χ0) is 24.2. The number of hydrogen-bond acceptors (Lipinski definition) is 4. The molecule has 35 heavy (non-hydrogen) atoms. The Morgan fingerprint density at radius 3 is 2.66 bits per heavy atom. The highest BCUT2D eigenvalue weighted by Crippen LogP contribution is 2.29. The van der Waals surface area contributed by atoms with Crippen LogP contribution in [-0.4, -0.2) is 45.1 Å². The quantitative estimate of drug-likeness (QED) is 0.384. The van der Waals surface area contributed by atoms with Crippen molar-refractivity contribution in [3.8, 4) is 22.5 Å². The average molecular weight is 490 g/mol. The minimum Gasteiger partial charge on any atom is -0.349 e. The second-order valence-electron chi connectivity index (χ2n) is 8.72. The minimum absolute atomic E-state index is 0.106. The van der Waals surface area contributed by atoms with Crippen molar-refractivity contribution in [3.63, 3.8) is 0 Å². The smallest absolute Gasteiger partial charge is 0.253 e. The highest BCUT2D eigenvalue weighted by Gasteiger charge is 2.23. The monoisotopic (exact) mass is 489 g/mol. The fourth-order valence-electron chi connectivity index (χ4n) is 4.42. The fourth-order valence-corrected chi connectivity index (χ4v) is 4.65. The number of carbonyl (C=O) groups excluding carboxylic acids is 1. The molecular weight excluding hydrogens is 465 g/mol. The van der Waals surface area contributed by atoms with Crippen LogP contribution in [0.1, 0.15) is 28.8 Å². The Balaban J connectivity index is 1.15. The van der Waals surface area contributed by atoms with Crippen LogP contribution in [0.15, 0.2) is 73.1 Å². The van der Waals surface area contributed by atoms with E-state index in [1.54, 1.807) is 30.5 Å². The maximum absolute atomic E-state index is 13.5. The molecule has 1 aliphatic heterocycles. The SMILES string of the molecule is O=C(NC1CCN(Cc2cn[nH]c2-c2ccccc2Cl)CC1)c1ccc(-c2cccc(F)c2)nc1. The number of aromatic amines is 1. The van der Waals surface area contributed by atoms with E-state index in [2.05, 4.69) is 25.4 Å². The van der Waals surface area contributed by atoms with Gasteiger partial charge in [0.2, 0.25) is 0 Å². The number of likely N-dealkylation sites (tertiary alicyclic amines) is 1. The first-order valence-corrected chi connectivity index (χ1v) is 12.0. The number of halogens is 2. The molecule has 1 fully saturated rings. The Morgan fingerprint density at radius 2 is 1.91 bits per heavy atom. The third kappa shape index (κ3) is 5.42. The first-order valence-electron chi connectivity index (χ1n) is 11.6. The number of piperidine rings is 1. The summed E-state index contributed by atoms with van der Waals surface area (Å²) >= 11 is 6.37. The molecule has 2 N–H and O–H groups in total. The van der Waals surface area contributed by atoms with Crippen molar-refractivity contribution in [1.29, 1.82) is 0 Å². The maximum Gasteiger partial charge on any atom is 0.253 e. The molecule has 1 aliphatic rings. The van der Waals surface area contributed by atoms with E-state index in [1.807, 2.05) is 30.5 Å². The van der Waals surface area contributed by atoms with Crippen molar-refractivity contribution in [2.45, 2.75) is 25.4 Å². The molecule has 5 rings (SSSR count). The number of pyridine rings is 1. The van der Waals surface area contributed by atoms with Crippen molar-refractivity contribution < 1.29 is 9.18 Å². The van der Waals surface area contributed by atoms with Crippen molar-refractivity contribution in [2.75, 3.05) is 13.1 Å². The molecule has 0 spiro atoms. The van der Waals surface area contributed by atoms with Gasteiger partial charge in [-0.15, -0.1) is 0 Å². The number of nitrogens with zero attached hydrogens (tertiary/aromatic N) is 3. The summed E-state index contributed by atoms with van der Waals surface area (Å²) in [7, 11) is 0. The molecule has 2 aromatic carbocycles. The second kappa shape index (κ2) is 10.4. The van der Waals surface area contributed by atoms with Crippen molar-refractivity contribution in [1.82, 2.24) is 25.4 Å². The molecule has 178 valence electrons. The van der Waals surface area contributed by atoms with Crippen LogP contribution >= 0.6 is 11.6 Å². The maximum atomic E-state index is 13.5. The summed E-state index contributed by atoms with van der Waals surface area (Å²) < 4.78 is 13.5. The molecule has 6 nitrogen and oxygen atoms in total. The Hall–Kier alpha value is -3.55. The lowest BCUT2D eigenvalue weighted by molar-refractivity contribution is 0.0908. The van der Waals surface area contributed by atoms with Crippen molar-refractivity contribution >= 4 is 17.5 Å². The van der Waals surface area contributed by atoms with Gasteiger partial charge in [-0.3, -0.25) is 19.8 Å². The highest BCUT2D eigenvalue weighted by atomic mass is 35.5. The van der Waals surface area contributed by atoms with Crippen molar-refractivity contribution in [3.05, 3.63) is 95.0 Å². The fraction of sp³-hybridized carbons (Fsp3) is 0.222. The minimum atomic E-state index is -0.315. The summed E-state index contributed by atoms with van der Waals surface area (Å²) in [5.74, 6) is -0.456. The van der Waals surface area contributed by atoms with Gasteiger partial charge < -0.3 is 5.32 Å². The molecule has 1 amide bonds. The molecule has 0 bridgehead atoms. The van der Waals surface area contributed by atoms with Crippen LogP contribution in [0.3, 0.4) is 0 Å². The highest BCUT2D eigenvalue weighted by molar-refractivity contribution is 6.33.